The molecule has 0 aliphatic rings. The van der Waals surface area contributed by atoms with Crippen LogP contribution in [0.3, 0.4) is 0 Å². The molecule has 7 rings (SSSR count). The van der Waals surface area contributed by atoms with Crippen LogP contribution >= 0.6 is 24.4 Å². The summed E-state index contributed by atoms with van der Waals surface area (Å²) in [5.74, 6) is 2.13. The molecule has 0 saturated heterocycles. The summed E-state index contributed by atoms with van der Waals surface area (Å²) in [6.07, 6.45) is 2.41. The van der Waals surface area contributed by atoms with E-state index in [1.807, 2.05) is 91.0 Å². The molecule has 0 atom stereocenters. The molecule has 0 aliphatic carbocycles. The molecule has 50 heavy (non-hydrogen) atoms. The van der Waals surface area contributed by atoms with Crippen molar-refractivity contribution in [1.29, 1.82) is 0 Å². The van der Waals surface area contributed by atoms with Crippen LogP contribution in [0.2, 0.25) is 0 Å². The SMILES string of the molecule is c1ccc(OP(Oc2ccccc2)Oc2ccccc2)cc1.c1ccc(P(CCP(c2ccccc2)c2ccccc2)c2ccccc2)cc1. The highest BCUT2D eigenvalue weighted by Gasteiger charge is 2.20. The van der Waals surface area contributed by atoms with Crippen LogP contribution in [0.1, 0.15) is 0 Å². The van der Waals surface area contributed by atoms with Crippen LogP contribution in [-0.2, 0) is 0 Å². The highest BCUT2D eigenvalue weighted by Crippen LogP contribution is 2.42. The molecule has 0 spiro atoms. The fourth-order valence-corrected chi connectivity index (χ4v) is 11.6. The maximum absolute atomic E-state index is 5.84. The Bertz CT molecular complexity index is 1660. The van der Waals surface area contributed by atoms with Crippen LogP contribution in [-0.4, -0.2) is 12.3 Å². The molecule has 0 heterocycles. The van der Waals surface area contributed by atoms with Crippen molar-refractivity contribution < 1.29 is 13.6 Å². The molecule has 3 nitrogen and oxygen atoms in total. The second kappa shape index (κ2) is 19.4. The average Bonchev–Trinajstić information content (AvgIpc) is 3.19. The van der Waals surface area contributed by atoms with Crippen molar-refractivity contribution in [2.24, 2.45) is 0 Å². The van der Waals surface area contributed by atoms with Gasteiger partial charge in [0.1, 0.15) is 17.2 Å². The Morgan fingerprint density at radius 3 is 0.680 bits per heavy atom. The number of benzene rings is 7. The summed E-state index contributed by atoms with van der Waals surface area (Å²) in [6.45, 7) is 0. The highest BCUT2D eigenvalue weighted by molar-refractivity contribution is 7.76. The van der Waals surface area contributed by atoms with E-state index in [4.69, 9.17) is 13.6 Å². The summed E-state index contributed by atoms with van der Waals surface area (Å²) < 4.78 is 17.5. The van der Waals surface area contributed by atoms with Gasteiger partial charge in [0, 0.05) is 0 Å². The third-order valence-corrected chi connectivity index (χ3v) is 14.0. The second-order valence-corrected chi connectivity index (χ2v) is 16.7. The van der Waals surface area contributed by atoms with E-state index in [9.17, 15) is 0 Å². The van der Waals surface area contributed by atoms with E-state index in [-0.39, 0.29) is 15.8 Å². The van der Waals surface area contributed by atoms with Crippen LogP contribution in [0, 0.1) is 0 Å². The fraction of sp³-hybridized carbons (Fsp3) is 0.0455. The largest absolute Gasteiger partial charge is 0.530 e. The number of rotatable bonds is 13. The van der Waals surface area contributed by atoms with Gasteiger partial charge in [-0.15, -0.1) is 0 Å². The van der Waals surface area contributed by atoms with Gasteiger partial charge >= 0.3 is 8.60 Å². The zero-order valence-corrected chi connectivity index (χ0v) is 30.4. The van der Waals surface area contributed by atoms with Crippen molar-refractivity contribution in [3.05, 3.63) is 212 Å². The summed E-state index contributed by atoms with van der Waals surface area (Å²) in [6, 6.07) is 72.7. The third kappa shape index (κ3) is 10.9. The van der Waals surface area contributed by atoms with Gasteiger partial charge in [-0.05, 0) is 85.8 Å². The first-order valence-electron chi connectivity index (χ1n) is 16.6. The Morgan fingerprint density at radius 2 is 0.460 bits per heavy atom. The molecular formula is C44H39O3P3. The van der Waals surface area contributed by atoms with Crippen molar-refractivity contribution >= 4 is 45.7 Å². The summed E-state index contributed by atoms with van der Waals surface area (Å²) in [7, 11) is -2.29. The van der Waals surface area contributed by atoms with Crippen molar-refractivity contribution in [1.82, 2.24) is 0 Å². The molecular weight excluding hydrogens is 669 g/mol. The average molecular weight is 709 g/mol. The van der Waals surface area contributed by atoms with Crippen LogP contribution in [0.5, 0.6) is 17.2 Å². The Hall–Kier alpha value is -4.77. The lowest BCUT2D eigenvalue weighted by molar-refractivity contribution is 0.388. The molecule has 7 aromatic rings. The monoisotopic (exact) mass is 708 g/mol. The van der Waals surface area contributed by atoms with Gasteiger partial charge in [-0.2, -0.15) is 0 Å². The van der Waals surface area contributed by atoms with Crippen molar-refractivity contribution in [2.75, 3.05) is 12.3 Å². The zero-order valence-electron chi connectivity index (χ0n) is 27.7. The molecule has 0 saturated carbocycles. The summed E-state index contributed by atoms with van der Waals surface area (Å²) >= 11 is 0. The molecule has 0 N–H and O–H groups in total. The lowest BCUT2D eigenvalue weighted by atomic mass is 10.3. The van der Waals surface area contributed by atoms with E-state index in [2.05, 4.69) is 121 Å². The standard InChI is InChI=1S/C26H24P2.C18H15O3P/c1-5-13-23(14-6-1)27(24-15-7-2-8-16-24)21-22-28(25-17-9-3-10-18-25)26-19-11-4-12-20-26;1-4-10-16(11-5-1)19-22(20-17-12-6-2-7-13-17)21-18-14-8-3-9-15-18/h1-20H,21-22H2;1-15H. The topological polar surface area (TPSA) is 27.7 Å². The molecule has 0 fully saturated rings. The minimum Gasteiger partial charge on any atom is -0.409 e. The van der Waals surface area contributed by atoms with Gasteiger partial charge in [0.2, 0.25) is 0 Å². The zero-order chi connectivity index (χ0) is 34.1. The summed E-state index contributed by atoms with van der Waals surface area (Å²) in [4.78, 5) is 0. The van der Waals surface area contributed by atoms with E-state index >= 15 is 0 Å². The van der Waals surface area contributed by atoms with Crippen LogP contribution in [0.4, 0.5) is 0 Å². The van der Waals surface area contributed by atoms with Crippen molar-refractivity contribution in [3.8, 4) is 17.2 Å². The third-order valence-electron chi connectivity index (χ3n) is 7.59. The number of para-hydroxylation sites is 3. The smallest absolute Gasteiger partial charge is 0.409 e. The predicted octanol–water partition coefficient (Wildman–Crippen LogP) is 10.7. The van der Waals surface area contributed by atoms with Gasteiger partial charge in [0.25, 0.3) is 0 Å². The normalized spacial score (nSPS) is 10.7. The highest BCUT2D eigenvalue weighted by atomic mass is 31.2. The minimum atomic E-state index is -1.59. The summed E-state index contributed by atoms with van der Waals surface area (Å²) in [5, 5.41) is 5.89. The first-order chi connectivity index (χ1) is 24.8. The maximum atomic E-state index is 5.84. The number of hydrogen-bond acceptors (Lipinski definition) is 3. The fourth-order valence-electron chi connectivity index (χ4n) is 5.20. The second-order valence-electron chi connectivity index (χ2n) is 11.1. The van der Waals surface area contributed by atoms with Gasteiger partial charge in [-0.25, -0.2) is 0 Å². The quantitative estimate of drug-likeness (QED) is 0.112. The molecule has 0 aromatic heterocycles. The number of hydrogen-bond donors (Lipinski definition) is 0. The molecule has 0 aliphatic heterocycles. The van der Waals surface area contributed by atoms with Gasteiger partial charge in [-0.1, -0.05) is 176 Å². The Kier molecular flexibility index (Phi) is 13.6. The Labute approximate surface area is 300 Å². The Morgan fingerprint density at radius 1 is 0.260 bits per heavy atom. The van der Waals surface area contributed by atoms with Crippen molar-refractivity contribution in [2.45, 2.75) is 0 Å². The molecule has 0 radical (unpaired) electrons. The lowest BCUT2D eigenvalue weighted by Crippen LogP contribution is -2.19. The van der Waals surface area contributed by atoms with E-state index in [1.54, 1.807) is 0 Å². The van der Waals surface area contributed by atoms with Crippen molar-refractivity contribution in [3.63, 3.8) is 0 Å². The van der Waals surface area contributed by atoms with Crippen LogP contribution in [0.15, 0.2) is 212 Å². The van der Waals surface area contributed by atoms with E-state index in [1.165, 1.54) is 33.5 Å². The van der Waals surface area contributed by atoms with Gasteiger partial charge in [0.15, 0.2) is 0 Å². The van der Waals surface area contributed by atoms with Crippen LogP contribution in [0.25, 0.3) is 0 Å². The van der Waals surface area contributed by atoms with Gasteiger partial charge in [0.05, 0.1) is 0 Å². The predicted molar refractivity (Wildman–Crippen MR) is 216 cm³/mol. The maximum Gasteiger partial charge on any atom is 0.530 e. The van der Waals surface area contributed by atoms with E-state index < -0.39 is 8.60 Å². The van der Waals surface area contributed by atoms with E-state index in [0.717, 1.165) is 0 Å². The van der Waals surface area contributed by atoms with Crippen LogP contribution < -0.4 is 34.8 Å². The molecule has 248 valence electrons. The first-order valence-corrected chi connectivity index (χ1v) is 20.7. The lowest BCUT2D eigenvalue weighted by Gasteiger charge is -2.24. The van der Waals surface area contributed by atoms with Gasteiger partial charge < -0.3 is 13.6 Å². The Balaban J connectivity index is 0.000000178. The molecule has 0 unspecified atom stereocenters. The minimum absolute atomic E-state index is 0.348. The first kappa shape index (κ1) is 35.1. The molecule has 7 aromatic carbocycles. The van der Waals surface area contributed by atoms with Gasteiger partial charge in [-0.3, -0.25) is 0 Å². The molecule has 0 amide bonds. The summed E-state index contributed by atoms with van der Waals surface area (Å²) in [5.41, 5.74) is 0. The van der Waals surface area contributed by atoms with E-state index in [0.29, 0.717) is 17.2 Å². The molecule has 0 bridgehead atoms. The molecule has 6 heteroatoms.